The van der Waals surface area contributed by atoms with Crippen molar-refractivity contribution in [3.63, 3.8) is 0 Å². The van der Waals surface area contributed by atoms with Crippen molar-refractivity contribution in [3.05, 3.63) is 102 Å². The van der Waals surface area contributed by atoms with Gasteiger partial charge in [0.15, 0.2) is 6.29 Å². The Morgan fingerprint density at radius 2 is 1.36 bits per heavy atom. The molecule has 0 aliphatic carbocycles. The number of aromatic hydroxyl groups is 2. The van der Waals surface area contributed by atoms with E-state index in [1.165, 1.54) is 12.1 Å². The predicted molar refractivity (Wildman–Crippen MR) is 127 cm³/mol. The fourth-order valence-corrected chi connectivity index (χ4v) is 4.10. The molecule has 5 aromatic rings. The molecule has 0 radical (unpaired) electrons. The van der Waals surface area contributed by atoms with E-state index in [9.17, 15) is 19.8 Å². The Hall–Kier alpha value is -4.64. The van der Waals surface area contributed by atoms with Crippen molar-refractivity contribution in [1.29, 1.82) is 0 Å². The van der Waals surface area contributed by atoms with Crippen molar-refractivity contribution in [1.82, 2.24) is 0 Å². The first-order valence-corrected chi connectivity index (χ1v) is 10.3. The predicted octanol–water partition coefficient (Wildman–Crippen LogP) is 6.10. The zero-order chi connectivity index (χ0) is 22.9. The minimum absolute atomic E-state index is 0.0207. The van der Waals surface area contributed by atoms with Crippen molar-refractivity contribution in [2.24, 2.45) is 0 Å². The van der Waals surface area contributed by atoms with E-state index in [0.717, 1.165) is 16.2 Å². The second-order valence-electron chi connectivity index (χ2n) is 7.59. The number of rotatable bonds is 4. The van der Waals surface area contributed by atoms with E-state index < -0.39 is 5.97 Å². The maximum Gasteiger partial charge on any atom is 0.347 e. The zero-order valence-corrected chi connectivity index (χ0v) is 17.4. The molecule has 0 spiro atoms. The standard InChI is InChI=1S/C28H18O5/c29-16-19-15-18-8-2-4-10-21(18)26(27(19)31)25-20-9-3-1-7-17(20)13-14-24(25)33-28(32)22-11-5-6-12-23(22)30/h1-16,30-31H. The quantitative estimate of drug-likeness (QED) is 0.203. The number of benzene rings is 5. The number of para-hydroxylation sites is 1. The van der Waals surface area contributed by atoms with Gasteiger partial charge in [0, 0.05) is 11.1 Å². The summed E-state index contributed by atoms with van der Waals surface area (Å²) in [6.45, 7) is 0. The van der Waals surface area contributed by atoms with Gasteiger partial charge < -0.3 is 14.9 Å². The number of aldehydes is 1. The van der Waals surface area contributed by atoms with Crippen LogP contribution in [0.3, 0.4) is 0 Å². The first-order valence-electron chi connectivity index (χ1n) is 10.3. The number of ether oxygens (including phenoxy) is 1. The lowest BCUT2D eigenvalue weighted by molar-refractivity contribution is 0.0732. The van der Waals surface area contributed by atoms with Crippen molar-refractivity contribution >= 4 is 33.8 Å². The smallest absolute Gasteiger partial charge is 0.347 e. The normalized spacial score (nSPS) is 10.9. The molecule has 5 aromatic carbocycles. The van der Waals surface area contributed by atoms with Crippen LogP contribution in [-0.2, 0) is 0 Å². The number of phenols is 2. The van der Waals surface area contributed by atoms with Gasteiger partial charge in [0.25, 0.3) is 0 Å². The van der Waals surface area contributed by atoms with E-state index >= 15 is 0 Å². The molecule has 0 saturated carbocycles. The molecular weight excluding hydrogens is 416 g/mol. The number of phenolic OH excluding ortho intramolecular Hbond substituents is 2. The lowest BCUT2D eigenvalue weighted by atomic mass is 9.90. The number of hydrogen-bond acceptors (Lipinski definition) is 5. The van der Waals surface area contributed by atoms with Crippen LogP contribution in [0, 0.1) is 0 Å². The lowest BCUT2D eigenvalue weighted by Crippen LogP contribution is -2.09. The number of carbonyl (C=O) groups is 2. The maximum absolute atomic E-state index is 12.9. The van der Waals surface area contributed by atoms with E-state index in [-0.39, 0.29) is 28.4 Å². The molecule has 5 heteroatoms. The largest absolute Gasteiger partial charge is 0.507 e. The molecule has 2 N–H and O–H groups in total. The number of carbonyl (C=O) groups excluding carboxylic acids is 2. The highest BCUT2D eigenvalue weighted by Gasteiger charge is 2.22. The fraction of sp³-hybridized carbons (Fsp3) is 0. The molecule has 0 aliphatic rings. The summed E-state index contributed by atoms with van der Waals surface area (Å²) in [5, 5.41) is 24.3. The van der Waals surface area contributed by atoms with E-state index in [2.05, 4.69) is 0 Å². The van der Waals surface area contributed by atoms with Gasteiger partial charge >= 0.3 is 5.97 Å². The molecule has 0 amide bonds. The Kier molecular flexibility index (Phi) is 4.99. The Bertz CT molecular complexity index is 1550. The number of esters is 1. The highest BCUT2D eigenvalue weighted by molar-refractivity contribution is 6.12. The lowest BCUT2D eigenvalue weighted by Gasteiger charge is -2.18. The minimum Gasteiger partial charge on any atom is -0.507 e. The Balaban J connectivity index is 1.82. The topological polar surface area (TPSA) is 83.8 Å². The average molecular weight is 434 g/mol. The summed E-state index contributed by atoms with van der Waals surface area (Å²) in [5.74, 6) is -0.925. The van der Waals surface area contributed by atoms with Crippen molar-refractivity contribution in [3.8, 4) is 28.4 Å². The van der Waals surface area contributed by atoms with Gasteiger partial charge in [-0.2, -0.15) is 0 Å². The van der Waals surface area contributed by atoms with Crippen molar-refractivity contribution in [2.45, 2.75) is 0 Å². The fourth-order valence-electron chi connectivity index (χ4n) is 4.10. The van der Waals surface area contributed by atoms with Crippen LogP contribution in [0.5, 0.6) is 17.2 Å². The van der Waals surface area contributed by atoms with Gasteiger partial charge in [-0.15, -0.1) is 0 Å². The SMILES string of the molecule is O=Cc1cc2ccccc2c(-c2c(OC(=O)c3ccccc3O)ccc3ccccc23)c1O. The second kappa shape index (κ2) is 8.13. The molecule has 0 atom stereocenters. The average Bonchev–Trinajstić information content (AvgIpc) is 2.84. The van der Waals surface area contributed by atoms with Gasteiger partial charge in [0.05, 0.1) is 5.56 Å². The van der Waals surface area contributed by atoms with Crippen LogP contribution in [0.2, 0.25) is 0 Å². The number of fused-ring (bicyclic) bond motifs is 2. The Morgan fingerprint density at radius 3 is 2.09 bits per heavy atom. The van der Waals surface area contributed by atoms with Crippen LogP contribution in [0.15, 0.2) is 91.0 Å². The van der Waals surface area contributed by atoms with Crippen LogP contribution in [0.4, 0.5) is 0 Å². The number of hydrogen-bond donors (Lipinski definition) is 2. The summed E-state index contributed by atoms with van der Waals surface area (Å²) in [6.07, 6.45) is 0.601. The third-order valence-electron chi connectivity index (χ3n) is 5.65. The van der Waals surface area contributed by atoms with E-state index in [0.29, 0.717) is 22.8 Å². The molecule has 0 aromatic heterocycles. The molecular formula is C28H18O5. The molecule has 0 bridgehead atoms. The summed E-state index contributed by atoms with van der Waals surface area (Å²) >= 11 is 0. The summed E-state index contributed by atoms with van der Waals surface area (Å²) < 4.78 is 5.75. The first-order chi connectivity index (χ1) is 16.1. The second-order valence-corrected chi connectivity index (χ2v) is 7.59. The van der Waals surface area contributed by atoms with Crippen LogP contribution in [0.25, 0.3) is 32.7 Å². The van der Waals surface area contributed by atoms with Gasteiger partial charge in [0.1, 0.15) is 22.8 Å². The Morgan fingerprint density at radius 1 is 0.727 bits per heavy atom. The molecule has 160 valence electrons. The first kappa shape index (κ1) is 20.3. The van der Waals surface area contributed by atoms with E-state index in [1.807, 2.05) is 54.6 Å². The van der Waals surface area contributed by atoms with Gasteiger partial charge in [0.2, 0.25) is 0 Å². The molecule has 0 heterocycles. The van der Waals surface area contributed by atoms with Gasteiger partial charge in [-0.1, -0.05) is 66.7 Å². The third kappa shape index (κ3) is 3.46. The third-order valence-corrected chi connectivity index (χ3v) is 5.65. The van der Waals surface area contributed by atoms with E-state index in [4.69, 9.17) is 4.74 Å². The molecule has 0 fully saturated rings. The van der Waals surface area contributed by atoms with Crippen LogP contribution in [0.1, 0.15) is 20.7 Å². The van der Waals surface area contributed by atoms with Gasteiger partial charge in [-0.3, -0.25) is 4.79 Å². The molecule has 0 saturated heterocycles. The molecule has 0 aliphatic heterocycles. The van der Waals surface area contributed by atoms with Gasteiger partial charge in [-0.25, -0.2) is 4.79 Å². The highest BCUT2D eigenvalue weighted by atomic mass is 16.5. The molecule has 5 nitrogen and oxygen atoms in total. The summed E-state index contributed by atoms with van der Waals surface area (Å²) in [6, 6.07) is 26.1. The summed E-state index contributed by atoms with van der Waals surface area (Å²) in [7, 11) is 0. The summed E-state index contributed by atoms with van der Waals surface area (Å²) in [4.78, 5) is 24.7. The van der Waals surface area contributed by atoms with Gasteiger partial charge in [-0.05, 0) is 45.8 Å². The Labute approximate surface area is 189 Å². The van der Waals surface area contributed by atoms with Crippen LogP contribution in [-0.4, -0.2) is 22.5 Å². The van der Waals surface area contributed by atoms with Crippen LogP contribution >= 0.6 is 0 Å². The minimum atomic E-state index is -0.736. The van der Waals surface area contributed by atoms with E-state index in [1.54, 1.807) is 24.3 Å². The van der Waals surface area contributed by atoms with Crippen molar-refractivity contribution < 1.29 is 24.5 Å². The molecule has 5 rings (SSSR count). The summed E-state index contributed by atoms with van der Waals surface area (Å²) in [5.41, 5.74) is 1.03. The molecule has 33 heavy (non-hydrogen) atoms. The van der Waals surface area contributed by atoms with Crippen molar-refractivity contribution in [2.75, 3.05) is 0 Å². The van der Waals surface area contributed by atoms with Crippen LogP contribution < -0.4 is 4.74 Å². The molecule has 0 unspecified atom stereocenters. The monoisotopic (exact) mass is 434 g/mol. The maximum atomic E-state index is 12.9. The zero-order valence-electron chi connectivity index (χ0n) is 17.4. The highest BCUT2D eigenvalue weighted by Crippen LogP contribution is 2.46.